The monoisotopic (exact) mass is 411 g/mol. The Bertz CT molecular complexity index is 1100. The van der Waals surface area contributed by atoms with Crippen LogP contribution in [0.4, 0.5) is 0 Å². The van der Waals surface area contributed by atoms with E-state index in [1.54, 1.807) is 23.3 Å². The number of amides is 1. The number of ether oxygens (including phenoxy) is 1. The van der Waals surface area contributed by atoms with Gasteiger partial charge in [0.1, 0.15) is 23.0 Å². The molecule has 29 heavy (non-hydrogen) atoms. The maximum Gasteiger partial charge on any atom is 0.259 e. The number of carbonyl (C=O) groups excluding carboxylic acids is 1. The van der Waals surface area contributed by atoms with E-state index in [0.29, 0.717) is 31.8 Å². The number of likely N-dealkylation sites (N-methyl/N-ethyl adjacent to an activating group) is 1. The number of hydrogen-bond acceptors (Lipinski definition) is 5. The molecule has 0 spiro atoms. The Morgan fingerprint density at radius 3 is 3.03 bits per heavy atom. The zero-order valence-electron chi connectivity index (χ0n) is 16.8. The van der Waals surface area contributed by atoms with E-state index >= 15 is 0 Å². The number of nitrogens with zero attached hydrogens (tertiary/aromatic N) is 2. The summed E-state index contributed by atoms with van der Waals surface area (Å²) in [5.74, 6) is 1.40. The van der Waals surface area contributed by atoms with Crippen LogP contribution in [0.5, 0.6) is 5.75 Å². The number of rotatable bonds is 7. The molecule has 3 aromatic rings. The van der Waals surface area contributed by atoms with Crippen LogP contribution in [0.1, 0.15) is 34.7 Å². The number of H-pyrrole nitrogens is 1. The Morgan fingerprint density at radius 1 is 1.34 bits per heavy atom. The third-order valence-corrected chi connectivity index (χ3v) is 6.50. The average molecular weight is 412 g/mol. The minimum Gasteiger partial charge on any atom is -0.492 e. The first-order valence-corrected chi connectivity index (χ1v) is 10.8. The summed E-state index contributed by atoms with van der Waals surface area (Å²) in [6, 6.07) is 7.85. The molecule has 0 bridgehead atoms. The summed E-state index contributed by atoms with van der Waals surface area (Å²) in [5, 5.41) is 0.753. The van der Waals surface area contributed by atoms with Gasteiger partial charge in [-0.3, -0.25) is 9.59 Å². The number of aromatic amines is 1. The molecule has 0 unspecified atom stereocenters. The molecule has 7 heteroatoms. The van der Waals surface area contributed by atoms with Gasteiger partial charge in [0.15, 0.2) is 0 Å². The van der Waals surface area contributed by atoms with Gasteiger partial charge >= 0.3 is 0 Å². The van der Waals surface area contributed by atoms with Crippen molar-refractivity contribution < 1.29 is 9.53 Å². The van der Waals surface area contributed by atoms with Crippen LogP contribution in [0.25, 0.3) is 10.2 Å². The Hall–Kier alpha value is -2.67. The molecule has 0 saturated carbocycles. The second-order valence-corrected chi connectivity index (χ2v) is 8.61. The minimum atomic E-state index is -0.0724. The third kappa shape index (κ3) is 4.34. The number of fused-ring (bicyclic) bond motifs is 3. The smallest absolute Gasteiger partial charge is 0.259 e. The number of aromatic nitrogens is 2. The van der Waals surface area contributed by atoms with E-state index in [-0.39, 0.29) is 11.5 Å². The van der Waals surface area contributed by atoms with Gasteiger partial charge in [0.2, 0.25) is 5.91 Å². The number of benzene rings is 1. The Morgan fingerprint density at radius 2 is 2.21 bits per heavy atom. The predicted molar refractivity (Wildman–Crippen MR) is 115 cm³/mol. The van der Waals surface area contributed by atoms with Gasteiger partial charge in [-0.15, -0.1) is 11.3 Å². The second kappa shape index (κ2) is 8.37. The lowest BCUT2D eigenvalue weighted by Gasteiger charge is -2.17. The molecule has 0 radical (unpaired) electrons. The molecular formula is C22H25N3O3S. The number of hydrogen-bond donors (Lipinski definition) is 1. The molecule has 0 aliphatic heterocycles. The summed E-state index contributed by atoms with van der Waals surface area (Å²) >= 11 is 1.62. The van der Waals surface area contributed by atoms with Gasteiger partial charge in [-0.2, -0.15) is 0 Å². The van der Waals surface area contributed by atoms with Gasteiger partial charge in [0.25, 0.3) is 5.56 Å². The summed E-state index contributed by atoms with van der Waals surface area (Å²) in [7, 11) is 1.77. The van der Waals surface area contributed by atoms with Crippen LogP contribution in [0.3, 0.4) is 0 Å². The first-order chi connectivity index (χ1) is 14.0. The highest BCUT2D eigenvalue weighted by Crippen LogP contribution is 2.34. The number of nitrogens with one attached hydrogen (secondary N) is 1. The highest BCUT2D eigenvalue weighted by atomic mass is 32.1. The zero-order valence-corrected chi connectivity index (χ0v) is 17.6. The standard InChI is InChI=1S/C22H25N3O3S/c1-14-5-3-6-15(13-14)28-12-11-25(2)19(26)10-9-18-23-21(27)20-16-7-4-8-17(16)29-22(20)24-18/h3,5-6,13H,4,7-12H2,1-2H3,(H,23,24,27). The molecule has 2 aromatic heterocycles. The summed E-state index contributed by atoms with van der Waals surface area (Å²) in [6.45, 7) is 2.96. The first kappa shape index (κ1) is 19.6. The maximum atomic E-state index is 12.5. The van der Waals surface area contributed by atoms with Crippen molar-refractivity contribution in [3.8, 4) is 5.75 Å². The van der Waals surface area contributed by atoms with Crippen molar-refractivity contribution in [2.45, 2.75) is 39.0 Å². The van der Waals surface area contributed by atoms with Crippen LogP contribution in [-0.2, 0) is 24.1 Å². The predicted octanol–water partition coefficient (Wildman–Crippen LogP) is 3.25. The van der Waals surface area contributed by atoms with E-state index in [1.165, 1.54) is 10.4 Å². The molecule has 1 aromatic carbocycles. The summed E-state index contributed by atoms with van der Waals surface area (Å²) < 4.78 is 5.71. The fourth-order valence-corrected chi connectivity index (χ4v) is 4.99. The SMILES string of the molecule is Cc1cccc(OCCN(C)C(=O)CCc2nc3sc4c(c3c(=O)[nH]2)CCC4)c1. The molecule has 2 heterocycles. The Kier molecular flexibility index (Phi) is 5.67. The number of carbonyl (C=O) groups is 1. The van der Waals surface area contributed by atoms with Gasteiger partial charge in [0.05, 0.1) is 11.9 Å². The third-order valence-electron chi connectivity index (χ3n) is 5.31. The Labute approximate surface area is 173 Å². The second-order valence-electron chi connectivity index (χ2n) is 7.53. The molecule has 6 nitrogen and oxygen atoms in total. The van der Waals surface area contributed by atoms with Crippen LogP contribution in [0.2, 0.25) is 0 Å². The quantitative estimate of drug-likeness (QED) is 0.648. The van der Waals surface area contributed by atoms with Gasteiger partial charge in [-0.1, -0.05) is 12.1 Å². The Balaban J connectivity index is 1.31. The van der Waals surface area contributed by atoms with Crippen LogP contribution < -0.4 is 10.3 Å². The van der Waals surface area contributed by atoms with Crippen molar-refractivity contribution in [2.24, 2.45) is 0 Å². The van der Waals surface area contributed by atoms with Crippen molar-refractivity contribution in [3.05, 3.63) is 56.4 Å². The normalized spacial score (nSPS) is 12.9. The van der Waals surface area contributed by atoms with Crippen LogP contribution in [0.15, 0.2) is 29.1 Å². The average Bonchev–Trinajstić information content (AvgIpc) is 3.26. The van der Waals surface area contributed by atoms with Crippen molar-refractivity contribution >= 4 is 27.5 Å². The number of thiophene rings is 1. The minimum absolute atomic E-state index is 0.00858. The molecular weight excluding hydrogens is 386 g/mol. The lowest BCUT2D eigenvalue weighted by Crippen LogP contribution is -2.31. The summed E-state index contributed by atoms with van der Waals surface area (Å²) in [5.41, 5.74) is 2.24. The van der Waals surface area contributed by atoms with Crippen molar-refractivity contribution in [3.63, 3.8) is 0 Å². The zero-order chi connectivity index (χ0) is 20.4. The van der Waals surface area contributed by atoms with E-state index in [2.05, 4.69) is 9.97 Å². The van der Waals surface area contributed by atoms with Crippen LogP contribution >= 0.6 is 11.3 Å². The van der Waals surface area contributed by atoms with Crippen LogP contribution in [0, 0.1) is 6.92 Å². The maximum absolute atomic E-state index is 12.5. The fraction of sp³-hybridized carbons (Fsp3) is 0.409. The summed E-state index contributed by atoms with van der Waals surface area (Å²) in [6.07, 6.45) is 3.86. The largest absolute Gasteiger partial charge is 0.492 e. The highest BCUT2D eigenvalue weighted by Gasteiger charge is 2.21. The van der Waals surface area contributed by atoms with E-state index in [0.717, 1.165) is 40.8 Å². The first-order valence-electron chi connectivity index (χ1n) is 9.98. The molecule has 152 valence electrons. The molecule has 1 N–H and O–H groups in total. The van der Waals surface area contributed by atoms with Crippen LogP contribution in [-0.4, -0.2) is 41.0 Å². The van der Waals surface area contributed by atoms with Gasteiger partial charge in [-0.25, -0.2) is 4.98 Å². The van der Waals surface area contributed by atoms with Crippen molar-refractivity contribution in [1.82, 2.24) is 14.9 Å². The van der Waals surface area contributed by atoms with Crippen molar-refractivity contribution in [1.29, 1.82) is 0 Å². The lowest BCUT2D eigenvalue weighted by molar-refractivity contribution is -0.130. The van der Waals surface area contributed by atoms with E-state index < -0.39 is 0 Å². The van der Waals surface area contributed by atoms with E-state index in [4.69, 9.17) is 4.74 Å². The highest BCUT2D eigenvalue weighted by molar-refractivity contribution is 7.18. The van der Waals surface area contributed by atoms with Gasteiger partial charge in [0, 0.05) is 24.8 Å². The van der Waals surface area contributed by atoms with Gasteiger partial charge in [-0.05, 0) is 49.4 Å². The van der Waals surface area contributed by atoms with Crippen molar-refractivity contribution in [2.75, 3.05) is 20.2 Å². The number of aryl methyl sites for hydroxylation is 4. The molecule has 1 aliphatic carbocycles. The van der Waals surface area contributed by atoms with E-state index in [1.807, 2.05) is 31.2 Å². The van der Waals surface area contributed by atoms with E-state index in [9.17, 15) is 9.59 Å². The molecule has 1 amide bonds. The topological polar surface area (TPSA) is 75.3 Å². The molecule has 0 fully saturated rings. The molecule has 0 atom stereocenters. The lowest BCUT2D eigenvalue weighted by atomic mass is 10.2. The summed E-state index contributed by atoms with van der Waals surface area (Å²) in [4.78, 5) is 36.2. The molecule has 4 rings (SSSR count). The molecule has 0 saturated heterocycles. The fourth-order valence-electron chi connectivity index (χ4n) is 3.71. The molecule has 1 aliphatic rings. The van der Waals surface area contributed by atoms with Gasteiger partial charge < -0.3 is 14.6 Å².